The second-order valence-electron chi connectivity index (χ2n) is 5.29. The second kappa shape index (κ2) is 6.83. The van der Waals surface area contributed by atoms with Crippen LogP contribution in [0, 0.1) is 6.07 Å². The molecule has 0 aliphatic heterocycles. The fraction of sp³-hybridized carbons (Fsp3) is 0.600. The quantitative estimate of drug-likeness (QED) is 0.679. The van der Waals surface area contributed by atoms with Crippen LogP contribution in [0.5, 0.6) is 0 Å². The molecule has 0 bridgehead atoms. The molecule has 1 rings (SSSR count). The molecule has 0 fully saturated rings. The van der Waals surface area contributed by atoms with Gasteiger partial charge in [-0.3, -0.25) is 0 Å². The Hall–Kier alpha value is 0.220. The molecule has 0 aliphatic carbocycles. The van der Waals surface area contributed by atoms with Crippen LogP contribution in [0.15, 0.2) is 12.1 Å². The summed E-state index contributed by atoms with van der Waals surface area (Å²) in [5.41, 5.74) is 4.15. The van der Waals surface area contributed by atoms with Crippen LogP contribution >= 0.6 is 0 Å². The van der Waals surface area contributed by atoms with Crippen LogP contribution in [0.2, 0.25) is 0 Å². The summed E-state index contributed by atoms with van der Waals surface area (Å²) in [7, 11) is 0. The van der Waals surface area contributed by atoms with Crippen molar-refractivity contribution >= 4 is 29.6 Å². The van der Waals surface area contributed by atoms with E-state index in [1.807, 2.05) is 0 Å². The summed E-state index contributed by atoms with van der Waals surface area (Å²) in [6.07, 6.45) is 0. The predicted octanol–water partition coefficient (Wildman–Crippen LogP) is 4.21. The summed E-state index contributed by atoms with van der Waals surface area (Å²) < 4.78 is 0. The Bertz CT molecular complexity index is 259. The van der Waals surface area contributed by atoms with Crippen molar-refractivity contribution in [1.82, 2.24) is 0 Å². The Kier molecular flexibility index (Phi) is 6.93. The molecule has 0 heterocycles. The van der Waals surface area contributed by atoms with Crippen LogP contribution in [-0.4, -0.2) is 29.6 Å². The summed E-state index contributed by atoms with van der Waals surface area (Å²) in [5.74, 6) is 1.75. The van der Waals surface area contributed by atoms with Gasteiger partial charge in [0.2, 0.25) is 0 Å². The summed E-state index contributed by atoms with van der Waals surface area (Å²) in [6.45, 7) is 13.5. The van der Waals surface area contributed by atoms with E-state index in [0.29, 0.717) is 17.8 Å². The van der Waals surface area contributed by atoms with Crippen LogP contribution in [-0.2, 0) is 0 Å². The van der Waals surface area contributed by atoms with Crippen molar-refractivity contribution in [2.45, 2.75) is 59.3 Å². The molecule has 0 unspecified atom stereocenters. The number of rotatable bonds is 3. The molecule has 0 saturated heterocycles. The zero-order valence-electron chi connectivity index (χ0n) is 10.9. The van der Waals surface area contributed by atoms with E-state index in [0.717, 1.165) is 0 Å². The van der Waals surface area contributed by atoms with Gasteiger partial charge in [-0.05, 0) is 40.5 Å². The normalized spacial score (nSPS) is 11.1. The van der Waals surface area contributed by atoms with E-state index in [4.69, 9.17) is 0 Å². The summed E-state index contributed by atoms with van der Waals surface area (Å²) in [4.78, 5) is 0. The van der Waals surface area contributed by atoms with Gasteiger partial charge in [0.15, 0.2) is 0 Å². The summed E-state index contributed by atoms with van der Waals surface area (Å²) >= 11 is 0. The Balaban J connectivity index is 0.00000225. The maximum atomic E-state index is 3.54. The van der Waals surface area contributed by atoms with Crippen LogP contribution in [0.25, 0.3) is 0 Å². The van der Waals surface area contributed by atoms with E-state index in [2.05, 4.69) is 59.7 Å². The van der Waals surface area contributed by atoms with Crippen LogP contribution in [0.1, 0.15) is 76.0 Å². The molecule has 0 saturated carbocycles. The van der Waals surface area contributed by atoms with Gasteiger partial charge in [-0.2, -0.15) is 0 Å². The number of hydrogen-bond donors (Lipinski definition) is 0. The Morgan fingerprint density at radius 2 is 1.12 bits per heavy atom. The summed E-state index contributed by atoms with van der Waals surface area (Å²) in [6, 6.07) is 8.15. The molecular weight excluding hydrogens is 203 g/mol. The average molecular weight is 227 g/mol. The van der Waals surface area contributed by atoms with Crippen LogP contribution in [0.3, 0.4) is 0 Å². The van der Waals surface area contributed by atoms with E-state index >= 15 is 0 Å². The molecule has 0 atom stereocenters. The van der Waals surface area contributed by atoms with Crippen LogP contribution < -0.4 is 0 Å². The van der Waals surface area contributed by atoms with Crippen molar-refractivity contribution < 1.29 is 0 Å². The van der Waals surface area contributed by atoms with Crippen molar-refractivity contribution in [2.24, 2.45) is 0 Å². The first-order chi connectivity index (χ1) is 6.91. The minimum absolute atomic E-state index is 0. The topological polar surface area (TPSA) is 0 Å². The van der Waals surface area contributed by atoms with E-state index < -0.39 is 0 Å². The van der Waals surface area contributed by atoms with Gasteiger partial charge in [0.1, 0.15) is 0 Å². The Morgan fingerprint density at radius 3 is 1.38 bits per heavy atom. The van der Waals surface area contributed by atoms with E-state index in [1.165, 1.54) is 16.7 Å². The van der Waals surface area contributed by atoms with Gasteiger partial charge in [0.25, 0.3) is 0 Å². The number of benzene rings is 1. The fourth-order valence-electron chi connectivity index (χ4n) is 1.59. The van der Waals surface area contributed by atoms with Crippen molar-refractivity contribution in [3.8, 4) is 0 Å². The van der Waals surface area contributed by atoms with E-state index in [9.17, 15) is 0 Å². The van der Waals surface area contributed by atoms with Gasteiger partial charge >= 0.3 is 29.6 Å². The molecule has 16 heavy (non-hydrogen) atoms. The van der Waals surface area contributed by atoms with Crippen LogP contribution in [0.4, 0.5) is 0 Å². The van der Waals surface area contributed by atoms with Crippen molar-refractivity contribution in [1.29, 1.82) is 0 Å². The molecule has 1 heteroatoms. The molecule has 85 valence electrons. The van der Waals surface area contributed by atoms with E-state index in [-0.39, 0.29) is 29.6 Å². The monoisotopic (exact) mass is 227 g/mol. The van der Waals surface area contributed by atoms with Gasteiger partial charge in [0, 0.05) is 0 Å². The van der Waals surface area contributed by atoms with Gasteiger partial charge in [0.05, 0.1) is 0 Å². The van der Waals surface area contributed by atoms with Gasteiger partial charge in [-0.1, -0.05) is 53.7 Å². The fourth-order valence-corrected chi connectivity index (χ4v) is 1.59. The van der Waals surface area contributed by atoms with Gasteiger partial charge in [-0.15, -0.1) is 0 Å². The molecule has 1 aromatic carbocycles. The average Bonchev–Trinajstić information content (AvgIpc) is 2.16. The van der Waals surface area contributed by atoms with Gasteiger partial charge < -0.3 is 0 Å². The Labute approximate surface area is 123 Å². The third-order valence-corrected chi connectivity index (χ3v) is 2.84. The molecule has 0 spiro atoms. The molecule has 0 nitrogen and oxygen atoms in total. The van der Waals surface area contributed by atoms with Crippen molar-refractivity contribution in [2.75, 3.05) is 0 Å². The first-order valence-corrected chi connectivity index (χ1v) is 5.98. The number of hydrogen-bond acceptors (Lipinski definition) is 0. The molecule has 0 aliphatic rings. The zero-order chi connectivity index (χ0) is 11.6. The minimum atomic E-state index is 0. The predicted molar refractivity (Wildman–Crippen MR) is 74.7 cm³/mol. The molecule has 1 radical (unpaired) electrons. The second-order valence-corrected chi connectivity index (χ2v) is 5.29. The SMILES string of the molecule is CC(C)c1[c]c(C(C)C)cc(C(C)C)c1.[NaH]. The molecule has 0 aromatic heterocycles. The first-order valence-electron chi connectivity index (χ1n) is 5.98. The van der Waals surface area contributed by atoms with Crippen molar-refractivity contribution in [3.05, 3.63) is 34.9 Å². The third kappa shape index (κ3) is 4.24. The molecular formula is C15H24Na. The summed E-state index contributed by atoms with van der Waals surface area (Å²) in [5, 5.41) is 0. The zero-order valence-corrected chi connectivity index (χ0v) is 10.9. The van der Waals surface area contributed by atoms with Gasteiger partial charge in [-0.25, -0.2) is 0 Å². The Morgan fingerprint density at radius 1 is 0.750 bits per heavy atom. The molecule has 1 aromatic rings. The molecule has 0 N–H and O–H groups in total. The first kappa shape index (κ1) is 16.2. The maximum absolute atomic E-state index is 3.54. The standard InChI is InChI=1S/C15H23.Na.H/c1-10(2)13-7-14(11(3)4)9-15(8-13)12(5)6;;/h7-8,10-12H,1-6H3;;. The third-order valence-electron chi connectivity index (χ3n) is 2.84. The molecule has 0 amide bonds. The van der Waals surface area contributed by atoms with Crippen molar-refractivity contribution in [3.63, 3.8) is 0 Å². The van der Waals surface area contributed by atoms with E-state index in [1.54, 1.807) is 0 Å².